The van der Waals surface area contributed by atoms with E-state index in [0.29, 0.717) is 10.0 Å². The zero-order valence-electron chi connectivity index (χ0n) is 9.89. The molecule has 1 aromatic carbocycles. The smallest absolute Gasteiger partial charge is 0.0637 e. The Kier molecular flexibility index (Phi) is 6.18. The molecule has 16 heavy (non-hydrogen) atoms. The highest BCUT2D eigenvalue weighted by Crippen LogP contribution is 2.25. The molecule has 1 aromatic rings. The standard InChI is InChI=1S/C13H19Cl2N/c1-10(2)5-4-8-16-9-11-6-3-7-12(14)13(11)15/h3,6-7,10,16H,4-5,8-9H2,1-2H3. The SMILES string of the molecule is CC(C)CCCNCc1cccc(Cl)c1Cl. The van der Waals surface area contributed by atoms with Crippen molar-refractivity contribution in [3.05, 3.63) is 33.8 Å². The summed E-state index contributed by atoms with van der Waals surface area (Å²) >= 11 is 12.0. The minimum absolute atomic E-state index is 0.628. The van der Waals surface area contributed by atoms with Gasteiger partial charge < -0.3 is 5.32 Å². The highest BCUT2D eigenvalue weighted by atomic mass is 35.5. The van der Waals surface area contributed by atoms with Gasteiger partial charge in [-0.2, -0.15) is 0 Å². The highest BCUT2D eigenvalue weighted by Gasteiger charge is 2.03. The first-order chi connectivity index (χ1) is 7.61. The van der Waals surface area contributed by atoms with Gasteiger partial charge in [-0.05, 0) is 36.9 Å². The van der Waals surface area contributed by atoms with Gasteiger partial charge in [-0.1, -0.05) is 49.2 Å². The quantitative estimate of drug-likeness (QED) is 0.741. The van der Waals surface area contributed by atoms with Crippen molar-refractivity contribution in [1.29, 1.82) is 0 Å². The van der Waals surface area contributed by atoms with Crippen LogP contribution in [0.3, 0.4) is 0 Å². The molecule has 0 aliphatic rings. The first-order valence-electron chi connectivity index (χ1n) is 5.75. The van der Waals surface area contributed by atoms with Gasteiger partial charge in [0.05, 0.1) is 10.0 Å². The van der Waals surface area contributed by atoms with Crippen LogP contribution in [-0.2, 0) is 6.54 Å². The van der Waals surface area contributed by atoms with Crippen LogP contribution in [0.1, 0.15) is 32.3 Å². The van der Waals surface area contributed by atoms with Gasteiger partial charge in [-0.15, -0.1) is 0 Å². The normalized spacial score (nSPS) is 11.1. The van der Waals surface area contributed by atoms with E-state index < -0.39 is 0 Å². The van der Waals surface area contributed by atoms with Gasteiger partial charge in [-0.3, -0.25) is 0 Å². The second kappa shape index (κ2) is 7.16. The molecule has 3 heteroatoms. The topological polar surface area (TPSA) is 12.0 Å². The zero-order valence-corrected chi connectivity index (χ0v) is 11.4. The third-order valence-electron chi connectivity index (χ3n) is 2.48. The molecule has 0 fully saturated rings. The molecule has 0 saturated carbocycles. The molecule has 90 valence electrons. The molecule has 0 atom stereocenters. The number of hydrogen-bond donors (Lipinski definition) is 1. The second-order valence-corrected chi connectivity index (χ2v) is 5.21. The molecule has 0 aromatic heterocycles. The maximum absolute atomic E-state index is 6.08. The Morgan fingerprint density at radius 2 is 2.00 bits per heavy atom. The van der Waals surface area contributed by atoms with Gasteiger partial charge >= 0.3 is 0 Å². The number of benzene rings is 1. The highest BCUT2D eigenvalue weighted by molar-refractivity contribution is 6.42. The van der Waals surface area contributed by atoms with Gasteiger partial charge in [0, 0.05) is 6.54 Å². The Balaban J connectivity index is 2.29. The van der Waals surface area contributed by atoms with Crippen LogP contribution in [0.15, 0.2) is 18.2 Å². The second-order valence-electron chi connectivity index (χ2n) is 4.43. The average molecular weight is 260 g/mol. The maximum Gasteiger partial charge on any atom is 0.0637 e. The fourth-order valence-electron chi connectivity index (χ4n) is 1.54. The van der Waals surface area contributed by atoms with Crippen molar-refractivity contribution in [1.82, 2.24) is 5.32 Å². The lowest BCUT2D eigenvalue weighted by atomic mass is 10.1. The Bertz CT molecular complexity index is 324. The molecule has 0 amide bonds. The van der Waals surface area contributed by atoms with E-state index >= 15 is 0 Å². The average Bonchev–Trinajstić information content (AvgIpc) is 2.23. The molecular formula is C13H19Cl2N. The van der Waals surface area contributed by atoms with E-state index in [1.54, 1.807) is 0 Å². The van der Waals surface area contributed by atoms with Crippen LogP contribution in [0.4, 0.5) is 0 Å². The van der Waals surface area contributed by atoms with Gasteiger partial charge in [-0.25, -0.2) is 0 Å². The van der Waals surface area contributed by atoms with Gasteiger partial charge in [0.15, 0.2) is 0 Å². The van der Waals surface area contributed by atoms with E-state index in [9.17, 15) is 0 Å². The monoisotopic (exact) mass is 259 g/mol. The Labute approximate surface area is 108 Å². The van der Waals surface area contributed by atoms with Crippen molar-refractivity contribution in [2.45, 2.75) is 33.2 Å². The summed E-state index contributed by atoms with van der Waals surface area (Å²) in [6.45, 7) is 6.31. The van der Waals surface area contributed by atoms with E-state index in [-0.39, 0.29) is 0 Å². The van der Waals surface area contributed by atoms with E-state index in [1.165, 1.54) is 12.8 Å². The van der Waals surface area contributed by atoms with Gasteiger partial charge in [0.1, 0.15) is 0 Å². The first kappa shape index (κ1) is 13.8. The summed E-state index contributed by atoms with van der Waals surface area (Å²) in [5.41, 5.74) is 1.07. The lowest BCUT2D eigenvalue weighted by Crippen LogP contribution is -2.15. The summed E-state index contributed by atoms with van der Waals surface area (Å²) in [5.74, 6) is 0.775. The van der Waals surface area contributed by atoms with Crippen LogP contribution < -0.4 is 5.32 Å². The van der Waals surface area contributed by atoms with Crippen molar-refractivity contribution in [3.8, 4) is 0 Å². The molecule has 0 bridgehead atoms. The summed E-state index contributed by atoms with van der Waals surface area (Å²) in [5, 5.41) is 4.68. The summed E-state index contributed by atoms with van der Waals surface area (Å²) in [6.07, 6.45) is 2.46. The Morgan fingerprint density at radius 1 is 1.25 bits per heavy atom. The summed E-state index contributed by atoms with van der Waals surface area (Å²) in [4.78, 5) is 0. The summed E-state index contributed by atoms with van der Waals surface area (Å²) < 4.78 is 0. The molecule has 0 aliphatic heterocycles. The van der Waals surface area contributed by atoms with Crippen LogP contribution in [0.5, 0.6) is 0 Å². The van der Waals surface area contributed by atoms with E-state index in [4.69, 9.17) is 23.2 Å². The maximum atomic E-state index is 6.08. The molecule has 1 N–H and O–H groups in total. The van der Waals surface area contributed by atoms with Crippen LogP contribution in [0.2, 0.25) is 10.0 Å². The van der Waals surface area contributed by atoms with E-state index in [2.05, 4.69) is 19.2 Å². The molecule has 0 radical (unpaired) electrons. The zero-order chi connectivity index (χ0) is 12.0. The third kappa shape index (κ3) is 4.73. The predicted molar refractivity (Wildman–Crippen MR) is 72.2 cm³/mol. The summed E-state index contributed by atoms with van der Waals surface area (Å²) in [6, 6.07) is 5.75. The molecule has 0 aliphatic carbocycles. The molecular weight excluding hydrogens is 241 g/mol. The lowest BCUT2D eigenvalue weighted by Gasteiger charge is -2.08. The Morgan fingerprint density at radius 3 is 2.69 bits per heavy atom. The molecule has 0 spiro atoms. The van der Waals surface area contributed by atoms with Crippen LogP contribution in [-0.4, -0.2) is 6.54 Å². The minimum atomic E-state index is 0.628. The third-order valence-corrected chi connectivity index (χ3v) is 3.34. The van der Waals surface area contributed by atoms with Crippen molar-refractivity contribution < 1.29 is 0 Å². The lowest BCUT2D eigenvalue weighted by molar-refractivity contribution is 0.527. The summed E-state index contributed by atoms with van der Waals surface area (Å²) in [7, 11) is 0. The van der Waals surface area contributed by atoms with Crippen molar-refractivity contribution in [3.63, 3.8) is 0 Å². The molecule has 1 rings (SSSR count). The fourth-order valence-corrected chi connectivity index (χ4v) is 1.93. The van der Waals surface area contributed by atoms with Crippen LogP contribution in [0.25, 0.3) is 0 Å². The largest absolute Gasteiger partial charge is 0.313 e. The van der Waals surface area contributed by atoms with E-state index in [1.807, 2.05) is 18.2 Å². The molecule has 0 saturated heterocycles. The van der Waals surface area contributed by atoms with Gasteiger partial charge in [0.25, 0.3) is 0 Å². The van der Waals surface area contributed by atoms with Crippen LogP contribution in [0, 0.1) is 5.92 Å². The number of halogens is 2. The number of nitrogens with one attached hydrogen (secondary N) is 1. The van der Waals surface area contributed by atoms with Gasteiger partial charge in [0.2, 0.25) is 0 Å². The fraction of sp³-hybridized carbons (Fsp3) is 0.538. The molecule has 1 nitrogen and oxygen atoms in total. The van der Waals surface area contributed by atoms with Crippen LogP contribution >= 0.6 is 23.2 Å². The van der Waals surface area contributed by atoms with Crippen molar-refractivity contribution in [2.24, 2.45) is 5.92 Å². The predicted octanol–water partition coefficient (Wildman–Crippen LogP) is 4.52. The van der Waals surface area contributed by atoms with E-state index in [0.717, 1.165) is 24.6 Å². The molecule has 0 unspecified atom stereocenters. The first-order valence-corrected chi connectivity index (χ1v) is 6.50. The number of hydrogen-bond acceptors (Lipinski definition) is 1. The minimum Gasteiger partial charge on any atom is -0.313 e. The molecule has 0 heterocycles. The van der Waals surface area contributed by atoms with Crippen molar-refractivity contribution >= 4 is 23.2 Å². The number of rotatable bonds is 6. The Hall–Kier alpha value is -0.240. The van der Waals surface area contributed by atoms with Crippen molar-refractivity contribution in [2.75, 3.05) is 6.54 Å².